The lowest BCUT2D eigenvalue weighted by atomic mass is 10.0. The van der Waals surface area contributed by atoms with E-state index < -0.39 is 29.9 Å². The van der Waals surface area contributed by atoms with Crippen LogP contribution in [-0.4, -0.2) is 40.1 Å². The molecule has 0 fully saturated rings. The largest absolute Gasteiger partial charge is 0.480 e. The van der Waals surface area contributed by atoms with Crippen LogP contribution in [-0.2, 0) is 14.4 Å². The minimum absolute atomic E-state index is 0.0291. The highest BCUT2D eigenvalue weighted by Crippen LogP contribution is 2.10. The van der Waals surface area contributed by atoms with Crippen LogP contribution >= 0.6 is 0 Å². The summed E-state index contributed by atoms with van der Waals surface area (Å²) >= 11 is 0. The first-order valence-corrected chi connectivity index (χ1v) is 4.89. The molecule has 1 amide bonds. The fourth-order valence-corrected chi connectivity index (χ4v) is 1.22. The monoisotopic (exact) mass is 244 g/mol. The van der Waals surface area contributed by atoms with E-state index >= 15 is 0 Å². The van der Waals surface area contributed by atoms with Gasteiger partial charge in [-0.25, -0.2) is 4.79 Å². The van der Waals surface area contributed by atoms with Gasteiger partial charge in [0.1, 0.15) is 12.1 Å². The first kappa shape index (κ1) is 15.1. The van der Waals surface area contributed by atoms with Gasteiger partial charge < -0.3 is 21.3 Å². The van der Waals surface area contributed by atoms with Gasteiger partial charge in [0, 0.05) is 6.92 Å². The summed E-state index contributed by atoms with van der Waals surface area (Å²) in [6.07, 6.45) is -0.0748. The van der Waals surface area contributed by atoms with E-state index in [1.807, 2.05) is 0 Å². The van der Waals surface area contributed by atoms with Gasteiger partial charge in [-0.15, -0.1) is 0 Å². The highest BCUT2D eigenvalue weighted by molar-refractivity contribution is 5.82. The van der Waals surface area contributed by atoms with Gasteiger partial charge in [0.05, 0.1) is 0 Å². The number of carbonyl (C=O) groups excluding carboxylic acids is 1. The number of rotatable bonds is 7. The van der Waals surface area contributed by atoms with E-state index in [1.165, 1.54) is 6.92 Å². The number of nitrogens with two attached hydrogens (primary N) is 1. The van der Waals surface area contributed by atoms with Gasteiger partial charge in [0.25, 0.3) is 0 Å². The van der Waals surface area contributed by atoms with E-state index in [4.69, 9.17) is 15.9 Å². The molecular formula is C10H16N2O5. The van der Waals surface area contributed by atoms with Crippen LogP contribution in [0.5, 0.6) is 0 Å². The predicted molar refractivity (Wildman–Crippen MR) is 59.2 cm³/mol. The lowest BCUT2D eigenvalue weighted by Crippen LogP contribution is -2.40. The van der Waals surface area contributed by atoms with Gasteiger partial charge in [-0.1, -0.05) is 12.2 Å². The van der Waals surface area contributed by atoms with E-state index in [-0.39, 0.29) is 12.8 Å². The van der Waals surface area contributed by atoms with Crippen LogP contribution in [0.25, 0.3) is 0 Å². The summed E-state index contributed by atoms with van der Waals surface area (Å²) in [6.45, 7) is 4.74. The second-order valence-electron chi connectivity index (χ2n) is 3.69. The zero-order valence-corrected chi connectivity index (χ0v) is 9.47. The molecule has 0 rings (SSSR count). The number of hydrogen-bond donors (Lipinski definition) is 4. The van der Waals surface area contributed by atoms with Gasteiger partial charge >= 0.3 is 11.9 Å². The molecule has 0 aromatic rings. The summed E-state index contributed by atoms with van der Waals surface area (Å²) in [5.41, 5.74) is 5.64. The molecule has 17 heavy (non-hydrogen) atoms. The van der Waals surface area contributed by atoms with Crippen LogP contribution in [0.4, 0.5) is 0 Å². The first-order chi connectivity index (χ1) is 7.73. The number of carboxylic acid groups (broad SMARTS) is 2. The maximum absolute atomic E-state index is 10.8. The summed E-state index contributed by atoms with van der Waals surface area (Å²) in [5.74, 6) is -2.87. The number of aliphatic carboxylic acids is 2. The normalized spacial score (nSPS) is 13.5. The third-order valence-corrected chi connectivity index (χ3v) is 1.99. The molecule has 0 heterocycles. The fourth-order valence-electron chi connectivity index (χ4n) is 1.22. The van der Waals surface area contributed by atoms with Crippen LogP contribution in [0.15, 0.2) is 12.2 Å². The summed E-state index contributed by atoms with van der Waals surface area (Å²) in [6, 6.07) is -2.23. The third kappa shape index (κ3) is 6.31. The molecule has 0 aliphatic rings. The Kier molecular flexibility index (Phi) is 5.90. The molecule has 0 aliphatic heterocycles. The number of carboxylic acids is 2. The van der Waals surface area contributed by atoms with Crippen molar-refractivity contribution in [2.24, 2.45) is 5.73 Å². The van der Waals surface area contributed by atoms with Gasteiger partial charge in [-0.05, 0) is 12.8 Å². The highest BCUT2D eigenvalue weighted by atomic mass is 16.4. The standard InChI is InChI=1S/C10H16N2O5/c1-5(3-7(11)9(14)15)4-8(10(16)17)12-6(2)13/h7-8H,1,3-4,11H2,2H3,(H,12,13)(H,14,15)(H,16,17). The summed E-state index contributed by atoms with van der Waals surface area (Å²) in [7, 11) is 0. The Bertz CT molecular complexity index is 340. The molecule has 0 spiro atoms. The van der Waals surface area contributed by atoms with Crippen molar-refractivity contribution in [3.8, 4) is 0 Å². The number of nitrogens with one attached hydrogen (secondary N) is 1. The second kappa shape index (κ2) is 6.64. The molecule has 0 aromatic heterocycles. The summed E-state index contributed by atoms with van der Waals surface area (Å²) in [4.78, 5) is 32.0. The number of amides is 1. The Morgan fingerprint density at radius 1 is 1.24 bits per heavy atom. The van der Waals surface area contributed by atoms with Crippen LogP contribution in [0, 0.1) is 0 Å². The molecule has 7 nitrogen and oxygen atoms in total. The molecule has 0 aromatic carbocycles. The minimum Gasteiger partial charge on any atom is -0.480 e. The smallest absolute Gasteiger partial charge is 0.326 e. The molecule has 7 heteroatoms. The van der Waals surface area contributed by atoms with Crippen molar-refractivity contribution >= 4 is 17.8 Å². The quantitative estimate of drug-likeness (QED) is 0.439. The Labute approximate surface area is 98.3 Å². The second-order valence-corrected chi connectivity index (χ2v) is 3.69. The van der Waals surface area contributed by atoms with Crippen molar-refractivity contribution in [2.45, 2.75) is 31.8 Å². The molecule has 0 saturated heterocycles. The molecular weight excluding hydrogens is 228 g/mol. The molecule has 2 atom stereocenters. The lowest BCUT2D eigenvalue weighted by Gasteiger charge is -2.15. The maximum Gasteiger partial charge on any atom is 0.326 e. The Hall–Kier alpha value is -1.89. The average molecular weight is 244 g/mol. The third-order valence-electron chi connectivity index (χ3n) is 1.99. The Morgan fingerprint density at radius 2 is 1.76 bits per heavy atom. The predicted octanol–water partition coefficient (Wildman–Crippen LogP) is -0.676. The summed E-state index contributed by atoms with van der Waals surface area (Å²) < 4.78 is 0. The zero-order valence-electron chi connectivity index (χ0n) is 9.47. The van der Waals surface area contributed by atoms with Gasteiger partial charge in [-0.3, -0.25) is 9.59 Å². The van der Waals surface area contributed by atoms with E-state index in [9.17, 15) is 14.4 Å². The Morgan fingerprint density at radius 3 is 2.12 bits per heavy atom. The van der Waals surface area contributed by atoms with E-state index in [0.717, 1.165) is 0 Å². The Balaban J connectivity index is 4.36. The van der Waals surface area contributed by atoms with E-state index in [0.29, 0.717) is 5.57 Å². The maximum atomic E-state index is 10.8. The molecule has 2 unspecified atom stereocenters. The molecule has 0 aliphatic carbocycles. The number of carbonyl (C=O) groups is 3. The molecule has 0 saturated carbocycles. The molecule has 0 bridgehead atoms. The molecule has 0 radical (unpaired) electrons. The molecule has 96 valence electrons. The van der Waals surface area contributed by atoms with Crippen LogP contribution in [0.3, 0.4) is 0 Å². The van der Waals surface area contributed by atoms with E-state index in [1.54, 1.807) is 0 Å². The van der Waals surface area contributed by atoms with Crippen LogP contribution in [0.1, 0.15) is 19.8 Å². The van der Waals surface area contributed by atoms with Crippen molar-refractivity contribution in [3.05, 3.63) is 12.2 Å². The van der Waals surface area contributed by atoms with Crippen molar-refractivity contribution in [3.63, 3.8) is 0 Å². The van der Waals surface area contributed by atoms with Crippen molar-refractivity contribution in [1.29, 1.82) is 0 Å². The molecule has 5 N–H and O–H groups in total. The van der Waals surface area contributed by atoms with E-state index in [2.05, 4.69) is 11.9 Å². The van der Waals surface area contributed by atoms with Gasteiger partial charge in [-0.2, -0.15) is 0 Å². The average Bonchev–Trinajstić information content (AvgIpc) is 2.15. The van der Waals surface area contributed by atoms with Crippen molar-refractivity contribution < 1.29 is 24.6 Å². The number of hydrogen-bond acceptors (Lipinski definition) is 4. The van der Waals surface area contributed by atoms with Crippen molar-refractivity contribution in [2.75, 3.05) is 0 Å². The van der Waals surface area contributed by atoms with Crippen molar-refractivity contribution in [1.82, 2.24) is 5.32 Å². The topological polar surface area (TPSA) is 130 Å². The summed E-state index contributed by atoms with van der Waals surface area (Å²) in [5, 5.41) is 19.6. The zero-order chi connectivity index (χ0) is 13.6. The SMILES string of the molecule is C=C(CC(N)C(=O)O)CC(NC(C)=O)C(=O)O. The van der Waals surface area contributed by atoms with Crippen LogP contribution < -0.4 is 11.1 Å². The lowest BCUT2D eigenvalue weighted by molar-refractivity contribution is -0.141. The van der Waals surface area contributed by atoms with Crippen LogP contribution in [0.2, 0.25) is 0 Å². The van der Waals surface area contributed by atoms with Gasteiger partial charge in [0.15, 0.2) is 0 Å². The van der Waals surface area contributed by atoms with Gasteiger partial charge in [0.2, 0.25) is 5.91 Å². The first-order valence-electron chi connectivity index (χ1n) is 4.89. The minimum atomic E-state index is -1.20. The fraction of sp³-hybridized carbons (Fsp3) is 0.500. The highest BCUT2D eigenvalue weighted by Gasteiger charge is 2.21.